The number of halogens is 2. The first-order valence-corrected chi connectivity index (χ1v) is 5.51. The molecule has 6 nitrogen and oxygen atoms in total. The van der Waals surface area contributed by atoms with Gasteiger partial charge in [-0.25, -0.2) is 8.78 Å². The Bertz CT molecular complexity index is 532. The largest absolute Gasteiger partial charge is 0.480 e. The molecule has 1 rings (SSSR count). The first kappa shape index (κ1) is 15.5. The van der Waals surface area contributed by atoms with E-state index in [1.54, 1.807) is 0 Å². The van der Waals surface area contributed by atoms with E-state index >= 15 is 0 Å². The van der Waals surface area contributed by atoms with Crippen molar-refractivity contribution in [2.24, 2.45) is 5.73 Å². The molecule has 0 aliphatic carbocycles. The van der Waals surface area contributed by atoms with Crippen LogP contribution in [0.3, 0.4) is 0 Å². The maximum atomic E-state index is 13.4. The molecule has 0 fully saturated rings. The molecule has 0 heterocycles. The summed E-state index contributed by atoms with van der Waals surface area (Å²) in [4.78, 5) is 33.9. The van der Waals surface area contributed by atoms with E-state index < -0.39 is 48.9 Å². The SMILES string of the molecule is NC(=O)CN(CC(=O)O)C(=O)Cc1ccc(F)cc1F. The fourth-order valence-corrected chi connectivity index (χ4v) is 1.52. The zero-order valence-electron chi connectivity index (χ0n) is 10.3. The van der Waals surface area contributed by atoms with Gasteiger partial charge in [-0.2, -0.15) is 0 Å². The number of amides is 2. The number of rotatable bonds is 6. The third kappa shape index (κ3) is 4.63. The number of nitrogens with two attached hydrogens (primary N) is 1. The number of primary amides is 1. The second-order valence-corrected chi connectivity index (χ2v) is 4.02. The van der Waals surface area contributed by atoms with E-state index in [0.717, 1.165) is 12.1 Å². The summed E-state index contributed by atoms with van der Waals surface area (Å²) in [5, 5.41) is 8.63. The fraction of sp³-hybridized carbons (Fsp3) is 0.250. The zero-order valence-corrected chi connectivity index (χ0v) is 10.3. The van der Waals surface area contributed by atoms with Gasteiger partial charge < -0.3 is 15.7 Å². The van der Waals surface area contributed by atoms with Crippen LogP contribution in [0.4, 0.5) is 8.78 Å². The first-order chi connectivity index (χ1) is 9.29. The van der Waals surface area contributed by atoms with Gasteiger partial charge in [-0.1, -0.05) is 6.07 Å². The predicted octanol–water partition coefficient (Wildman–Crippen LogP) is -0.0942. The Labute approximate surface area is 112 Å². The summed E-state index contributed by atoms with van der Waals surface area (Å²) in [5.74, 6) is -4.74. The molecule has 0 spiro atoms. The Kier molecular flexibility index (Phi) is 5.13. The number of carboxylic acid groups (broad SMARTS) is 1. The topological polar surface area (TPSA) is 101 Å². The molecule has 0 saturated carbocycles. The van der Waals surface area contributed by atoms with Crippen molar-refractivity contribution in [1.29, 1.82) is 0 Å². The van der Waals surface area contributed by atoms with Crippen molar-refractivity contribution in [3.05, 3.63) is 35.4 Å². The van der Waals surface area contributed by atoms with Gasteiger partial charge in [0.05, 0.1) is 13.0 Å². The monoisotopic (exact) mass is 286 g/mol. The van der Waals surface area contributed by atoms with Crippen molar-refractivity contribution < 1.29 is 28.3 Å². The van der Waals surface area contributed by atoms with Crippen molar-refractivity contribution >= 4 is 17.8 Å². The van der Waals surface area contributed by atoms with E-state index in [-0.39, 0.29) is 5.56 Å². The Morgan fingerprint density at radius 3 is 2.35 bits per heavy atom. The number of benzene rings is 1. The highest BCUT2D eigenvalue weighted by molar-refractivity contribution is 5.87. The predicted molar refractivity (Wildman–Crippen MR) is 63.5 cm³/mol. The van der Waals surface area contributed by atoms with Crippen molar-refractivity contribution in [1.82, 2.24) is 4.90 Å². The summed E-state index contributed by atoms with van der Waals surface area (Å²) in [7, 11) is 0. The summed E-state index contributed by atoms with van der Waals surface area (Å²) in [6, 6.07) is 2.66. The molecular formula is C12H12F2N2O4. The van der Waals surface area contributed by atoms with Crippen LogP contribution in [0.5, 0.6) is 0 Å². The van der Waals surface area contributed by atoms with Crippen molar-refractivity contribution in [3.8, 4) is 0 Å². The lowest BCUT2D eigenvalue weighted by molar-refractivity contribution is -0.145. The number of carbonyl (C=O) groups is 3. The van der Waals surface area contributed by atoms with E-state index in [4.69, 9.17) is 10.8 Å². The molecular weight excluding hydrogens is 274 g/mol. The minimum Gasteiger partial charge on any atom is -0.480 e. The standard InChI is InChI=1S/C12H12F2N2O4/c13-8-2-1-7(9(14)4-8)3-11(18)16(5-10(15)17)6-12(19)20/h1-2,4H,3,5-6H2,(H2,15,17)(H,19,20). The number of hydrogen-bond acceptors (Lipinski definition) is 3. The van der Waals surface area contributed by atoms with Crippen LogP contribution in [-0.2, 0) is 20.8 Å². The number of aliphatic carboxylic acids is 1. The summed E-state index contributed by atoms with van der Waals surface area (Å²) < 4.78 is 26.1. The normalized spacial score (nSPS) is 10.1. The van der Waals surface area contributed by atoms with E-state index in [1.807, 2.05) is 0 Å². The molecule has 0 aliphatic rings. The van der Waals surface area contributed by atoms with Gasteiger partial charge in [-0.05, 0) is 11.6 Å². The summed E-state index contributed by atoms with van der Waals surface area (Å²) in [6.07, 6.45) is -0.493. The van der Waals surface area contributed by atoms with Crippen LogP contribution in [-0.4, -0.2) is 40.9 Å². The van der Waals surface area contributed by atoms with Gasteiger partial charge in [0.1, 0.15) is 18.2 Å². The molecule has 0 radical (unpaired) electrons. The van der Waals surface area contributed by atoms with Gasteiger partial charge in [0.15, 0.2) is 0 Å². The van der Waals surface area contributed by atoms with Crippen molar-refractivity contribution in [2.75, 3.05) is 13.1 Å². The molecule has 108 valence electrons. The number of carbonyl (C=O) groups excluding carboxylic acids is 2. The molecule has 8 heteroatoms. The average molecular weight is 286 g/mol. The van der Waals surface area contributed by atoms with E-state index in [2.05, 4.69) is 0 Å². The van der Waals surface area contributed by atoms with Gasteiger partial charge in [0, 0.05) is 6.07 Å². The summed E-state index contributed by atoms with van der Waals surface area (Å²) >= 11 is 0. The number of hydrogen-bond donors (Lipinski definition) is 2. The van der Waals surface area contributed by atoms with E-state index in [9.17, 15) is 23.2 Å². The molecule has 0 saturated heterocycles. The third-order valence-corrected chi connectivity index (χ3v) is 2.38. The van der Waals surface area contributed by atoms with Crippen molar-refractivity contribution in [2.45, 2.75) is 6.42 Å². The van der Waals surface area contributed by atoms with Crippen LogP contribution in [0.2, 0.25) is 0 Å². The highest BCUT2D eigenvalue weighted by Gasteiger charge is 2.20. The number of nitrogens with zero attached hydrogens (tertiary/aromatic N) is 1. The molecule has 0 bridgehead atoms. The Hall–Kier alpha value is -2.51. The zero-order chi connectivity index (χ0) is 15.3. The van der Waals surface area contributed by atoms with Gasteiger partial charge in [-0.3, -0.25) is 14.4 Å². The lowest BCUT2D eigenvalue weighted by Gasteiger charge is -2.19. The maximum absolute atomic E-state index is 13.4. The minimum absolute atomic E-state index is 0.101. The molecule has 1 aromatic rings. The van der Waals surface area contributed by atoms with E-state index in [1.165, 1.54) is 0 Å². The van der Waals surface area contributed by atoms with Gasteiger partial charge >= 0.3 is 5.97 Å². The van der Waals surface area contributed by atoms with Crippen LogP contribution in [0.25, 0.3) is 0 Å². The van der Waals surface area contributed by atoms with Crippen LogP contribution in [0.15, 0.2) is 18.2 Å². The first-order valence-electron chi connectivity index (χ1n) is 5.51. The van der Waals surface area contributed by atoms with Crippen LogP contribution in [0, 0.1) is 11.6 Å². The van der Waals surface area contributed by atoms with E-state index in [0.29, 0.717) is 11.0 Å². The highest BCUT2D eigenvalue weighted by atomic mass is 19.1. The highest BCUT2D eigenvalue weighted by Crippen LogP contribution is 2.11. The molecule has 3 N–H and O–H groups in total. The Morgan fingerprint density at radius 2 is 1.85 bits per heavy atom. The summed E-state index contributed by atoms with van der Waals surface area (Å²) in [5.41, 5.74) is 4.80. The second-order valence-electron chi connectivity index (χ2n) is 4.02. The van der Waals surface area contributed by atoms with Crippen LogP contribution < -0.4 is 5.73 Å². The van der Waals surface area contributed by atoms with Crippen LogP contribution in [0.1, 0.15) is 5.56 Å². The second kappa shape index (κ2) is 6.60. The molecule has 0 aromatic heterocycles. The smallest absolute Gasteiger partial charge is 0.323 e. The Balaban J connectivity index is 2.84. The maximum Gasteiger partial charge on any atom is 0.323 e. The van der Waals surface area contributed by atoms with Gasteiger partial charge in [0.2, 0.25) is 11.8 Å². The molecule has 1 aromatic carbocycles. The average Bonchev–Trinajstić information content (AvgIpc) is 2.30. The quantitative estimate of drug-likeness (QED) is 0.763. The molecule has 2 amide bonds. The molecule has 0 unspecified atom stereocenters. The molecule has 20 heavy (non-hydrogen) atoms. The van der Waals surface area contributed by atoms with Gasteiger partial charge in [0.25, 0.3) is 0 Å². The molecule has 0 aliphatic heterocycles. The summed E-state index contributed by atoms with van der Waals surface area (Å²) in [6.45, 7) is -1.32. The number of carboxylic acids is 1. The van der Waals surface area contributed by atoms with Gasteiger partial charge in [-0.15, -0.1) is 0 Å². The Morgan fingerprint density at radius 1 is 1.20 bits per heavy atom. The molecule has 0 atom stereocenters. The minimum atomic E-state index is -1.33. The third-order valence-electron chi connectivity index (χ3n) is 2.38. The fourth-order valence-electron chi connectivity index (χ4n) is 1.52. The van der Waals surface area contributed by atoms with Crippen molar-refractivity contribution in [3.63, 3.8) is 0 Å². The lowest BCUT2D eigenvalue weighted by Crippen LogP contribution is -2.42. The van der Waals surface area contributed by atoms with Crippen LogP contribution >= 0.6 is 0 Å². The lowest BCUT2D eigenvalue weighted by atomic mass is 10.1.